The lowest BCUT2D eigenvalue weighted by Gasteiger charge is -2.46. The van der Waals surface area contributed by atoms with Crippen molar-refractivity contribution in [1.82, 2.24) is 4.90 Å². The van der Waals surface area contributed by atoms with Gasteiger partial charge in [-0.2, -0.15) is 0 Å². The van der Waals surface area contributed by atoms with Crippen LogP contribution < -0.4 is 9.47 Å². The van der Waals surface area contributed by atoms with Crippen molar-refractivity contribution in [1.29, 1.82) is 0 Å². The molecule has 0 aliphatic carbocycles. The minimum absolute atomic E-state index is 0.00647. The topological polar surface area (TPSA) is 55.8 Å². The van der Waals surface area contributed by atoms with E-state index in [4.69, 9.17) is 9.47 Å². The summed E-state index contributed by atoms with van der Waals surface area (Å²) in [6, 6.07) is 13.1. The van der Waals surface area contributed by atoms with E-state index in [0.717, 1.165) is 11.1 Å². The Hall–Kier alpha value is -2.82. The predicted molar refractivity (Wildman–Crippen MR) is 103 cm³/mol. The van der Waals surface area contributed by atoms with Crippen molar-refractivity contribution in [3.05, 3.63) is 59.2 Å². The summed E-state index contributed by atoms with van der Waals surface area (Å²) in [7, 11) is 3.19. The largest absolute Gasteiger partial charge is 0.493 e. The number of rotatable bonds is 5. The Morgan fingerprint density at radius 3 is 2.30 bits per heavy atom. The third kappa shape index (κ3) is 3.42. The minimum Gasteiger partial charge on any atom is -0.493 e. The maximum absolute atomic E-state index is 13.0. The van der Waals surface area contributed by atoms with Gasteiger partial charge in [-0.25, -0.2) is 0 Å². The lowest BCUT2D eigenvalue weighted by atomic mass is 9.77. The number of nitrogens with zero attached hydrogens (tertiary/aromatic N) is 1. The van der Waals surface area contributed by atoms with Crippen molar-refractivity contribution in [3.8, 4) is 11.5 Å². The van der Waals surface area contributed by atoms with Gasteiger partial charge < -0.3 is 14.4 Å². The third-order valence-electron chi connectivity index (χ3n) is 5.37. The van der Waals surface area contributed by atoms with Crippen LogP contribution in [0.4, 0.5) is 0 Å². The van der Waals surface area contributed by atoms with Gasteiger partial charge in [0.25, 0.3) is 0 Å². The number of benzene rings is 2. The van der Waals surface area contributed by atoms with Crippen LogP contribution >= 0.6 is 0 Å². The Labute approximate surface area is 159 Å². The number of Topliss-reactive ketones (excluding diaryl/α,β-unsaturated/α-hetero) is 1. The van der Waals surface area contributed by atoms with Crippen LogP contribution in [0.3, 0.4) is 0 Å². The quantitative estimate of drug-likeness (QED) is 0.758. The average Bonchev–Trinajstić information content (AvgIpc) is 2.67. The summed E-state index contributed by atoms with van der Waals surface area (Å²) in [5.41, 5.74) is 1.92. The van der Waals surface area contributed by atoms with Crippen LogP contribution in [0.25, 0.3) is 0 Å². The predicted octanol–water partition coefficient (Wildman–Crippen LogP) is 3.60. The number of carbonyl (C=O) groups is 2. The van der Waals surface area contributed by atoms with E-state index < -0.39 is 5.54 Å². The van der Waals surface area contributed by atoms with E-state index >= 15 is 0 Å². The van der Waals surface area contributed by atoms with Crippen LogP contribution in [0.15, 0.2) is 42.5 Å². The van der Waals surface area contributed by atoms with Gasteiger partial charge in [-0.05, 0) is 36.6 Å². The summed E-state index contributed by atoms with van der Waals surface area (Å²) in [6.07, 6.45) is 0.920. The molecule has 1 heterocycles. The van der Waals surface area contributed by atoms with Crippen molar-refractivity contribution < 1.29 is 19.1 Å². The highest BCUT2D eigenvalue weighted by atomic mass is 16.5. The highest BCUT2D eigenvalue weighted by Crippen LogP contribution is 2.43. The zero-order valence-electron chi connectivity index (χ0n) is 16.2. The second-order valence-corrected chi connectivity index (χ2v) is 7.02. The fourth-order valence-corrected chi connectivity index (χ4v) is 3.99. The van der Waals surface area contributed by atoms with E-state index in [9.17, 15) is 9.59 Å². The molecule has 1 aliphatic heterocycles. The van der Waals surface area contributed by atoms with Crippen molar-refractivity contribution in [3.63, 3.8) is 0 Å². The Bertz CT molecular complexity index is 862. The number of carbonyl (C=O) groups excluding carboxylic acids is 2. The monoisotopic (exact) mass is 367 g/mol. The molecule has 2 aromatic rings. The summed E-state index contributed by atoms with van der Waals surface area (Å²) in [6.45, 7) is 4.08. The first kappa shape index (κ1) is 19.0. The van der Waals surface area contributed by atoms with Crippen LogP contribution in [0.1, 0.15) is 41.8 Å². The third-order valence-corrected chi connectivity index (χ3v) is 5.37. The van der Waals surface area contributed by atoms with Crippen molar-refractivity contribution in [2.24, 2.45) is 0 Å². The standard InChI is InChI=1S/C22H25NO4/c1-15(24)23-11-10-17-12-20(26-3)21(27-4)13-18(17)22(23,2)14-19(25)16-8-6-5-7-9-16/h5-9,12-13H,10-11,14H2,1-4H3. The van der Waals surface area contributed by atoms with E-state index in [1.807, 2.05) is 49.4 Å². The molecule has 0 saturated heterocycles. The van der Waals surface area contributed by atoms with Gasteiger partial charge in [0.05, 0.1) is 19.8 Å². The molecule has 0 fully saturated rings. The molecule has 0 spiro atoms. The maximum atomic E-state index is 13.0. The zero-order chi connectivity index (χ0) is 19.6. The van der Waals surface area contributed by atoms with E-state index in [2.05, 4.69) is 0 Å². The maximum Gasteiger partial charge on any atom is 0.220 e. The molecule has 0 N–H and O–H groups in total. The molecule has 5 heteroatoms. The van der Waals surface area contributed by atoms with Gasteiger partial charge in [-0.15, -0.1) is 0 Å². The van der Waals surface area contributed by atoms with Gasteiger partial charge in [0.15, 0.2) is 17.3 Å². The van der Waals surface area contributed by atoms with Gasteiger partial charge in [-0.3, -0.25) is 9.59 Å². The van der Waals surface area contributed by atoms with Crippen molar-refractivity contribution in [2.75, 3.05) is 20.8 Å². The van der Waals surface area contributed by atoms with E-state index in [1.165, 1.54) is 0 Å². The smallest absolute Gasteiger partial charge is 0.220 e. The first-order valence-corrected chi connectivity index (χ1v) is 9.02. The molecule has 0 saturated carbocycles. The van der Waals surface area contributed by atoms with Crippen LogP contribution in [0.2, 0.25) is 0 Å². The van der Waals surface area contributed by atoms with Gasteiger partial charge in [0, 0.05) is 25.5 Å². The molecule has 2 aromatic carbocycles. The highest BCUT2D eigenvalue weighted by molar-refractivity contribution is 5.97. The van der Waals surface area contributed by atoms with Gasteiger partial charge in [-0.1, -0.05) is 30.3 Å². The molecule has 0 bridgehead atoms. The fraction of sp³-hybridized carbons (Fsp3) is 0.364. The number of ketones is 1. The fourth-order valence-electron chi connectivity index (χ4n) is 3.99. The van der Waals surface area contributed by atoms with E-state index in [1.54, 1.807) is 26.0 Å². The molecule has 1 aliphatic rings. The summed E-state index contributed by atoms with van der Waals surface area (Å²) in [4.78, 5) is 27.2. The van der Waals surface area contributed by atoms with E-state index in [-0.39, 0.29) is 18.1 Å². The Morgan fingerprint density at radius 2 is 1.70 bits per heavy atom. The Morgan fingerprint density at radius 1 is 1.07 bits per heavy atom. The molecule has 3 rings (SSSR count). The molecule has 5 nitrogen and oxygen atoms in total. The first-order valence-electron chi connectivity index (χ1n) is 9.02. The Balaban J connectivity index is 2.09. The second kappa shape index (κ2) is 7.43. The zero-order valence-corrected chi connectivity index (χ0v) is 16.2. The number of ether oxygens (including phenoxy) is 2. The van der Waals surface area contributed by atoms with Gasteiger partial charge >= 0.3 is 0 Å². The molecule has 0 radical (unpaired) electrons. The summed E-state index contributed by atoms with van der Waals surface area (Å²) in [5.74, 6) is 1.22. The highest BCUT2D eigenvalue weighted by Gasteiger charge is 2.42. The van der Waals surface area contributed by atoms with Crippen LogP contribution in [-0.4, -0.2) is 37.4 Å². The summed E-state index contributed by atoms with van der Waals surface area (Å²) in [5, 5.41) is 0. The Kier molecular flexibility index (Phi) is 5.22. The molecule has 142 valence electrons. The number of hydrogen-bond donors (Lipinski definition) is 0. The summed E-state index contributed by atoms with van der Waals surface area (Å²) < 4.78 is 10.9. The molecule has 0 aromatic heterocycles. The lowest BCUT2D eigenvalue weighted by Crippen LogP contribution is -2.52. The summed E-state index contributed by atoms with van der Waals surface area (Å²) >= 11 is 0. The van der Waals surface area contributed by atoms with Crippen LogP contribution in [0.5, 0.6) is 11.5 Å². The van der Waals surface area contributed by atoms with Gasteiger partial charge in [0.1, 0.15) is 0 Å². The van der Waals surface area contributed by atoms with E-state index in [0.29, 0.717) is 30.0 Å². The average molecular weight is 367 g/mol. The second-order valence-electron chi connectivity index (χ2n) is 7.02. The van der Waals surface area contributed by atoms with Crippen molar-refractivity contribution >= 4 is 11.7 Å². The van der Waals surface area contributed by atoms with Crippen molar-refractivity contribution in [2.45, 2.75) is 32.2 Å². The molecule has 1 unspecified atom stereocenters. The molecular weight excluding hydrogens is 342 g/mol. The normalized spacial score (nSPS) is 18.6. The molecule has 1 amide bonds. The minimum atomic E-state index is -0.744. The molecular formula is C22H25NO4. The lowest BCUT2D eigenvalue weighted by molar-refractivity contribution is -0.135. The number of amides is 1. The first-order chi connectivity index (χ1) is 12.9. The number of fused-ring (bicyclic) bond motifs is 1. The number of hydrogen-bond acceptors (Lipinski definition) is 4. The van der Waals surface area contributed by atoms with Crippen LogP contribution in [0, 0.1) is 0 Å². The number of methoxy groups -OCH3 is 2. The molecule has 1 atom stereocenters. The molecule has 27 heavy (non-hydrogen) atoms. The van der Waals surface area contributed by atoms with Crippen LogP contribution in [-0.2, 0) is 16.8 Å². The van der Waals surface area contributed by atoms with Gasteiger partial charge in [0.2, 0.25) is 5.91 Å². The SMILES string of the molecule is COc1cc2c(cc1OC)C(C)(CC(=O)c1ccccc1)N(C(C)=O)CC2.